The Bertz CT molecular complexity index is 240. The zero-order valence-electron chi connectivity index (χ0n) is 7.99. The van der Waals surface area contributed by atoms with Gasteiger partial charge in [0.1, 0.15) is 0 Å². The Hall–Kier alpha value is -0.830. The van der Waals surface area contributed by atoms with Gasteiger partial charge >= 0.3 is 0 Å². The molecule has 12 heavy (non-hydrogen) atoms. The first-order valence-electron chi connectivity index (χ1n) is 4.33. The molecule has 1 aromatic heterocycles. The van der Waals surface area contributed by atoms with E-state index in [-0.39, 0.29) is 6.04 Å². The van der Waals surface area contributed by atoms with Crippen molar-refractivity contribution in [1.29, 1.82) is 0 Å². The van der Waals surface area contributed by atoms with E-state index < -0.39 is 0 Å². The number of nitrogens with zero attached hydrogens (tertiary/aromatic N) is 2. The minimum absolute atomic E-state index is 0.243. The molecule has 2 unspecified atom stereocenters. The predicted octanol–water partition coefficient (Wildman–Crippen LogP) is 0.946. The van der Waals surface area contributed by atoms with Crippen LogP contribution in [0.25, 0.3) is 0 Å². The van der Waals surface area contributed by atoms with Gasteiger partial charge in [0.25, 0.3) is 0 Å². The van der Waals surface area contributed by atoms with Crippen molar-refractivity contribution in [3.8, 4) is 0 Å². The summed E-state index contributed by atoms with van der Waals surface area (Å²) < 4.78 is 1.82. The molecule has 1 aromatic rings. The zero-order valence-corrected chi connectivity index (χ0v) is 7.99. The Morgan fingerprint density at radius 3 is 2.67 bits per heavy atom. The third-order valence-electron chi connectivity index (χ3n) is 2.20. The Labute approximate surface area is 73.6 Å². The van der Waals surface area contributed by atoms with Crippen LogP contribution in [0.4, 0.5) is 0 Å². The van der Waals surface area contributed by atoms with Crippen molar-refractivity contribution < 1.29 is 0 Å². The third-order valence-corrected chi connectivity index (χ3v) is 2.20. The highest BCUT2D eigenvalue weighted by molar-refractivity contribution is 5.00. The van der Waals surface area contributed by atoms with Crippen molar-refractivity contribution in [3.63, 3.8) is 0 Å². The van der Waals surface area contributed by atoms with E-state index in [1.807, 2.05) is 30.9 Å². The summed E-state index contributed by atoms with van der Waals surface area (Å²) in [6.07, 6.45) is 2.93. The maximum absolute atomic E-state index is 5.76. The van der Waals surface area contributed by atoms with Gasteiger partial charge in [-0.2, -0.15) is 5.10 Å². The number of aromatic nitrogens is 2. The van der Waals surface area contributed by atoms with E-state index in [1.165, 1.54) is 0 Å². The molecule has 0 aliphatic rings. The van der Waals surface area contributed by atoms with E-state index in [4.69, 9.17) is 5.73 Å². The standard InChI is InChI=1S/C9H17N3/c1-7(8(2)10)6-9-4-5-12(3)11-9/h4-5,7-8H,6,10H2,1-3H3. The summed E-state index contributed by atoms with van der Waals surface area (Å²) >= 11 is 0. The van der Waals surface area contributed by atoms with Gasteiger partial charge in [0.2, 0.25) is 0 Å². The van der Waals surface area contributed by atoms with Crippen molar-refractivity contribution in [2.24, 2.45) is 18.7 Å². The molecule has 0 fully saturated rings. The summed E-state index contributed by atoms with van der Waals surface area (Å²) in [5.41, 5.74) is 6.88. The Morgan fingerprint density at radius 2 is 2.25 bits per heavy atom. The van der Waals surface area contributed by atoms with Crippen LogP contribution in [0, 0.1) is 5.92 Å². The molecule has 2 atom stereocenters. The van der Waals surface area contributed by atoms with Gasteiger partial charge in [-0.05, 0) is 25.3 Å². The van der Waals surface area contributed by atoms with Crippen LogP contribution in [0.5, 0.6) is 0 Å². The van der Waals surface area contributed by atoms with Crippen LogP contribution >= 0.6 is 0 Å². The highest BCUT2D eigenvalue weighted by Gasteiger charge is 2.09. The summed E-state index contributed by atoms with van der Waals surface area (Å²) in [5, 5.41) is 4.29. The van der Waals surface area contributed by atoms with Gasteiger partial charge in [-0.1, -0.05) is 6.92 Å². The molecule has 68 valence electrons. The third kappa shape index (κ3) is 2.34. The highest BCUT2D eigenvalue weighted by Crippen LogP contribution is 2.08. The average Bonchev–Trinajstić information content (AvgIpc) is 2.35. The number of aryl methyl sites for hydroxylation is 1. The van der Waals surface area contributed by atoms with E-state index in [1.54, 1.807) is 0 Å². The number of hydrogen-bond donors (Lipinski definition) is 1. The molecule has 3 heteroatoms. The fraction of sp³-hybridized carbons (Fsp3) is 0.667. The summed E-state index contributed by atoms with van der Waals surface area (Å²) in [6, 6.07) is 2.28. The van der Waals surface area contributed by atoms with Crippen LogP contribution in [0.15, 0.2) is 12.3 Å². The van der Waals surface area contributed by atoms with Gasteiger partial charge in [-0.15, -0.1) is 0 Å². The molecule has 0 aliphatic heterocycles. The molecule has 3 nitrogen and oxygen atoms in total. The van der Waals surface area contributed by atoms with Crippen molar-refractivity contribution in [1.82, 2.24) is 9.78 Å². The van der Waals surface area contributed by atoms with Gasteiger partial charge in [0.05, 0.1) is 5.69 Å². The molecule has 0 amide bonds. The van der Waals surface area contributed by atoms with Crippen molar-refractivity contribution in [3.05, 3.63) is 18.0 Å². The molecule has 0 saturated heterocycles. The molecule has 0 saturated carbocycles. The van der Waals surface area contributed by atoms with E-state index in [2.05, 4.69) is 12.0 Å². The van der Waals surface area contributed by atoms with Crippen LogP contribution in [-0.2, 0) is 13.5 Å². The second-order valence-corrected chi connectivity index (χ2v) is 3.52. The Balaban J connectivity index is 2.52. The maximum Gasteiger partial charge on any atom is 0.0627 e. The summed E-state index contributed by atoms with van der Waals surface area (Å²) in [6.45, 7) is 4.19. The quantitative estimate of drug-likeness (QED) is 0.728. The Kier molecular flexibility index (Phi) is 2.87. The van der Waals surface area contributed by atoms with Crippen molar-refractivity contribution >= 4 is 0 Å². The second kappa shape index (κ2) is 3.72. The monoisotopic (exact) mass is 167 g/mol. The topological polar surface area (TPSA) is 43.8 Å². The molecule has 0 radical (unpaired) electrons. The number of nitrogens with two attached hydrogens (primary N) is 1. The Morgan fingerprint density at radius 1 is 1.58 bits per heavy atom. The first kappa shape index (κ1) is 9.26. The molecular weight excluding hydrogens is 150 g/mol. The second-order valence-electron chi connectivity index (χ2n) is 3.52. The molecule has 0 aromatic carbocycles. The SMILES string of the molecule is CC(N)C(C)Cc1ccn(C)n1. The van der Waals surface area contributed by atoms with Crippen molar-refractivity contribution in [2.45, 2.75) is 26.3 Å². The molecule has 0 aliphatic carbocycles. The lowest BCUT2D eigenvalue weighted by Gasteiger charge is -2.13. The van der Waals surface area contributed by atoms with E-state index >= 15 is 0 Å². The largest absolute Gasteiger partial charge is 0.328 e. The minimum Gasteiger partial charge on any atom is -0.328 e. The fourth-order valence-electron chi connectivity index (χ4n) is 1.09. The first-order valence-corrected chi connectivity index (χ1v) is 4.33. The number of rotatable bonds is 3. The minimum atomic E-state index is 0.243. The summed E-state index contributed by atoms with van der Waals surface area (Å²) in [5.74, 6) is 0.500. The number of hydrogen-bond acceptors (Lipinski definition) is 2. The van der Waals surface area contributed by atoms with Gasteiger partial charge in [-0.25, -0.2) is 0 Å². The fourth-order valence-corrected chi connectivity index (χ4v) is 1.09. The molecule has 1 heterocycles. The lowest BCUT2D eigenvalue weighted by atomic mass is 9.99. The van der Waals surface area contributed by atoms with Crippen LogP contribution in [-0.4, -0.2) is 15.8 Å². The van der Waals surface area contributed by atoms with E-state index in [0.29, 0.717) is 5.92 Å². The highest BCUT2D eigenvalue weighted by atomic mass is 15.2. The lowest BCUT2D eigenvalue weighted by molar-refractivity contribution is 0.474. The summed E-state index contributed by atoms with van der Waals surface area (Å²) in [4.78, 5) is 0. The van der Waals surface area contributed by atoms with Crippen LogP contribution in [0.1, 0.15) is 19.5 Å². The van der Waals surface area contributed by atoms with E-state index in [9.17, 15) is 0 Å². The average molecular weight is 167 g/mol. The van der Waals surface area contributed by atoms with Gasteiger partial charge in [0, 0.05) is 19.3 Å². The maximum atomic E-state index is 5.76. The zero-order chi connectivity index (χ0) is 9.14. The summed E-state index contributed by atoms with van der Waals surface area (Å²) in [7, 11) is 1.93. The van der Waals surface area contributed by atoms with E-state index in [0.717, 1.165) is 12.1 Å². The van der Waals surface area contributed by atoms with Gasteiger partial charge < -0.3 is 5.73 Å². The van der Waals surface area contributed by atoms with Gasteiger partial charge in [0.15, 0.2) is 0 Å². The molecule has 0 spiro atoms. The molecular formula is C9H17N3. The predicted molar refractivity (Wildman–Crippen MR) is 49.7 cm³/mol. The lowest BCUT2D eigenvalue weighted by Crippen LogP contribution is -2.25. The molecule has 0 bridgehead atoms. The normalized spacial score (nSPS) is 16.0. The van der Waals surface area contributed by atoms with Gasteiger partial charge in [-0.3, -0.25) is 4.68 Å². The van der Waals surface area contributed by atoms with Crippen LogP contribution in [0.2, 0.25) is 0 Å². The molecule has 1 rings (SSSR count). The first-order chi connectivity index (χ1) is 5.59. The van der Waals surface area contributed by atoms with Crippen LogP contribution < -0.4 is 5.73 Å². The van der Waals surface area contributed by atoms with Crippen LogP contribution in [0.3, 0.4) is 0 Å². The van der Waals surface area contributed by atoms with Crippen molar-refractivity contribution in [2.75, 3.05) is 0 Å². The smallest absolute Gasteiger partial charge is 0.0627 e. The molecule has 2 N–H and O–H groups in total.